The molecule has 1 amide bonds. The average molecular weight is 397 g/mol. The van der Waals surface area contributed by atoms with Crippen LogP contribution in [-0.2, 0) is 13.0 Å². The highest BCUT2D eigenvalue weighted by Gasteiger charge is 2.22. The molecule has 0 aliphatic heterocycles. The van der Waals surface area contributed by atoms with Crippen LogP contribution >= 0.6 is 11.5 Å². The number of aryl methyl sites for hydroxylation is 1. The number of pyridine rings is 1. The predicted octanol–water partition coefficient (Wildman–Crippen LogP) is 3.79. The molecule has 28 heavy (non-hydrogen) atoms. The monoisotopic (exact) mass is 396 g/mol. The van der Waals surface area contributed by atoms with Crippen LogP contribution in [0.2, 0.25) is 0 Å². The SMILES string of the molecule is CCCc1nnsc1C(=O)NCc1cc(-c2ccncc2)n(C2CCCC2)n1. The summed E-state index contributed by atoms with van der Waals surface area (Å²) in [6, 6.07) is 6.51. The highest BCUT2D eigenvalue weighted by atomic mass is 32.1. The molecule has 146 valence electrons. The number of aromatic nitrogens is 5. The van der Waals surface area contributed by atoms with E-state index in [1.807, 2.05) is 12.1 Å². The van der Waals surface area contributed by atoms with Gasteiger partial charge in [-0.25, -0.2) is 0 Å². The van der Waals surface area contributed by atoms with Crippen molar-refractivity contribution in [3.63, 3.8) is 0 Å². The summed E-state index contributed by atoms with van der Waals surface area (Å²) in [5.41, 5.74) is 3.83. The maximum absolute atomic E-state index is 12.6. The molecule has 1 fully saturated rings. The molecule has 0 radical (unpaired) electrons. The Kier molecular flexibility index (Phi) is 5.76. The summed E-state index contributed by atoms with van der Waals surface area (Å²) in [6.07, 6.45) is 10.1. The summed E-state index contributed by atoms with van der Waals surface area (Å²) in [5, 5.41) is 11.9. The van der Waals surface area contributed by atoms with Gasteiger partial charge in [0.25, 0.3) is 5.91 Å². The van der Waals surface area contributed by atoms with E-state index in [1.165, 1.54) is 12.8 Å². The fourth-order valence-electron chi connectivity index (χ4n) is 3.73. The highest BCUT2D eigenvalue weighted by molar-refractivity contribution is 7.08. The third-order valence-electron chi connectivity index (χ3n) is 5.11. The molecule has 1 aliphatic carbocycles. The zero-order valence-corrected chi connectivity index (χ0v) is 16.8. The Hall–Kier alpha value is -2.61. The van der Waals surface area contributed by atoms with Crippen molar-refractivity contribution in [2.45, 2.75) is 58.0 Å². The molecule has 0 unspecified atom stereocenters. The Labute approximate surface area is 168 Å². The Morgan fingerprint density at radius 1 is 1.29 bits per heavy atom. The van der Waals surface area contributed by atoms with Crippen LogP contribution in [0.4, 0.5) is 0 Å². The summed E-state index contributed by atoms with van der Waals surface area (Å²) < 4.78 is 6.07. The van der Waals surface area contributed by atoms with Crippen LogP contribution in [0.1, 0.15) is 66.1 Å². The van der Waals surface area contributed by atoms with Crippen LogP contribution < -0.4 is 5.32 Å². The van der Waals surface area contributed by atoms with E-state index < -0.39 is 0 Å². The second-order valence-electron chi connectivity index (χ2n) is 7.12. The number of amides is 1. The van der Waals surface area contributed by atoms with Crippen LogP contribution in [0.3, 0.4) is 0 Å². The lowest BCUT2D eigenvalue weighted by Gasteiger charge is -2.14. The van der Waals surface area contributed by atoms with Crippen molar-refractivity contribution in [2.24, 2.45) is 0 Å². The summed E-state index contributed by atoms with van der Waals surface area (Å²) >= 11 is 1.15. The molecule has 0 aromatic carbocycles. The lowest BCUT2D eigenvalue weighted by atomic mass is 10.1. The first-order chi connectivity index (χ1) is 13.8. The zero-order valence-electron chi connectivity index (χ0n) is 16.0. The third kappa shape index (κ3) is 3.96. The molecule has 4 rings (SSSR count). The van der Waals surface area contributed by atoms with Crippen molar-refractivity contribution in [3.8, 4) is 11.3 Å². The normalized spacial score (nSPS) is 14.5. The van der Waals surface area contributed by atoms with Crippen molar-refractivity contribution in [1.82, 2.24) is 29.7 Å². The minimum atomic E-state index is -0.126. The molecule has 0 saturated heterocycles. The Balaban J connectivity index is 1.53. The molecular weight excluding hydrogens is 372 g/mol. The maximum atomic E-state index is 12.6. The van der Waals surface area contributed by atoms with Gasteiger partial charge < -0.3 is 5.32 Å². The molecule has 3 aromatic heterocycles. The zero-order chi connectivity index (χ0) is 19.3. The molecule has 3 aromatic rings. The second kappa shape index (κ2) is 8.60. The molecule has 1 N–H and O–H groups in total. The predicted molar refractivity (Wildman–Crippen MR) is 108 cm³/mol. The van der Waals surface area contributed by atoms with Gasteiger partial charge in [0.05, 0.1) is 29.7 Å². The van der Waals surface area contributed by atoms with Crippen molar-refractivity contribution in [3.05, 3.63) is 46.9 Å². The minimum absolute atomic E-state index is 0.126. The number of nitrogens with zero attached hydrogens (tertiary/aromatic N) is 5. The van der Waals surface area contributed by atoms with Gasteiger partial charge in [0.15, 0.2) is 0 Å². The van der Waals surface area contributed by atoms with Gasteiger partial charge in [0.1, 0.15) is 4.88 Å². The molecule has 1 saturated carbocycles. The lowest BCUT2D eigenvalue weighted by Crippen LogP contribution is -2.23. The van der Waals surface area contributed by atoms with Crippen LogP contribution in [0, 0.1) is 0 Å². The Bertz CT molecular complexity index is 929. The molecule has 0 spiro atoms. The summed E-state index contributed by atoms with van der Waals surface area (Å²) in [5.74, 6) is -0.126. The van der Waals surface area contributed by atoms with Crippen molar-refractivity contribution in [2.75, 3.05) is 0 Å². The van der Waals surface area contributed by atoms with E-state index in [4.69, 9.17) is 5.10 Å². The first kappa shape index (κ1) is 18.7. The first-order valence-electron chi connectivity index (χ1n) is 9.84. The van der Waals surface area contributed by atoms with E-state index in [0.29, 0.717) is 17.5 Å². The standard InChI is InChI=1S/C20H24N6OS/c1-2-5-17-19(28-25-23-17)20(27)22-13-15-12-18(14-8-10-21-11-9-14)26(24-15)16-6-3-4-7-16/h8-12,16H,2-7,13H2,1H3,(H,22,27). The van der Waals surface area contributed by atoms with E-state index in [0.717, 1.165) is 59.9 Å². The first-order valence-corrected chi connectivity index (χ1v) is 10.6. The second-order valence-corrected chi connectivity index (χ2v) is 7.88. The van der Waals surface area contributed by atoms with E-state index >= 15 is 0 Å². The van der Waals surface area contributed by atoms with Crippen molar-refractivity contribution in [1.29, 1.82) is 0 Å². The average Bonchev–Trinajstić information content (AvgIpc) is 3.47. The van der Waals surface area contributed by atoms with Crippen LogP contribution in [0.5, 0.6) is 0 Å². The quantitative estimate of drug-likeness (QED) is 0.657. The molecular formula is C20H24N6OS. The van der Waals surface area contributed by atoms with Crippen molar-refractivity contribution < 1.29 is 4.79 Å². The fraction of sp³-hybridized carbons (Fsp3) is 0.450. The summed E-state index contributed by atoms with van der Waals surface area (Å²) in [7, 11) is 0. The number of carbonyl (C=O) groups excluding carboxylic acids is 1. The van der Waals surface area contributed by atoms with Gasteiger partial charge in [-0.2, -0.15) is 5.10 Å². The number of rotatable bonds is 7. The summed E-state index contributed by atoms with van der Waals surface area (Å²) in [6.45, 7) is 2.46. The molecule has 0 atom stereocenters. The Morgan fingerprint density at radius 2 is 2.07 bits per heavy atom. The Morgan fingerprint density at radius 3 is 2.82 bits per heavy atom. The lowest BCUT2D eigenvalue weighted by molar-refractivity contribution is 0.0953. The smallest absolute Gasteiger partial charge is 0.265 e. The van der Waals surface area contributed by atoms with E-state index in [1.54, 1.807) is 12.4 Å². The topological polar surface area (TPSA) is 85.6 Å². The van der Waals surface area contributed by atoms with Gasteiger partial charge in [-0.15, -0.1) is 5.10 Å². The largest absolute Gasteiger partial charge is 0.346 e. The number of nitrogens with one attached hydrogen (secondary N) is 1. The number of hydrogen-bond acceptors (Lipinski definition) is 6. The maximum Gasteiger partial charge on any atom is 0.265 e. The minimum Gasteiger partial charge on any atom is -0.346 e. The van der Waals surface area contributed by atoms with E-state index in [-0.39, 0.29) is 5.91 Å². The highest BCUT2D eigenvalue weighted by Crippen LogP contribution is 2.33. The molecule has 3 heterocycles. The van der Waals surface area contributed by atoms with Crippen LogP contribution in [0.15, 0.2) is 30.6 Å². The van der Waals surface area contributed by atoms with E-state index in [2.05, 4.69) is 37.6 Å². The number of carbonyl (C=O) groups is 1. The third-order valence-corrected chi connectivity index (χ3v) is 5.88. The van der Waals surface area contributed by atoms with Crippen LogP contribution in [0.25, 0.3) is 11.3 Å². The van der Waals surface area contributed by atoms with Gasteiger partial charge in [-0.1, -0.05) is 30.7 Å². The fourth-order valence-corrected chi connectivity index (χ4v) is 4.35. The van der Waals surface area contributed by atoms with Gasteiger partial charge in [-0.3, -0.25) is 14.5 Å². The molecule has 1 aliphatic rings. The van der Waals surface area contributed by atoms with Gasteiger partial charge in [-0.05, 0) is 49.0 Å². The van der Waals surface area contributed by atoms with E-state index in [9.17, 15) is 4.79 Å². The molecule has 7 nitrogen and oxygen atoms in total. The number of hydrogen-bond donors (Lipinski definition) is 1. The van der Waals surface area contributed by atoms with Gasteiger partial charge >= 0.3 is 0 Å². The van der Waals surface area contributed by atoms with Crippen molar-refractivity contribution >= 4 is 17.4 Å². The van der Waals surface area contributed by atoms with Gasteiger partial charge in [0.2, 0.25) is 0 Å². The molecule has 0 bridgehead atoms. The molecule has 8 heteroatoms. The van der Waals surface area contributed by atoms with Crippen LogP contribution in [-0.4, -0.2) is 30.3 Å². The van der Waals surface area contributed by atoms with Gasteiger partial charge in [0, 0.05) is 18.0 Å². The summed E-state index contributed by atoms with van der Waals surface area (Å²) in [4.78, 5) is 17.3.